The van der Waals surface area contributed by atoms with Gasteiger partial charge in [-0.3, -0.25) is 0 Å². The molecule has 0 bridgehead atoms. The largest absolute Gasteiger partial charge is 0.399 e. The zero-order chi connectivity index (χ0) is 17.6. The highest BCUT2D eigenvalue weighted by atomic mass is 19.1. The average Bonchev–Trinajstić information content (AvgIpc) is 2.96. The molecular weight excluding hydrogens is 321 g/mol. The van der Waals surface area contributed by atoms with E-state index in [0.717, 1.165) is 31.4 Å². The van der Waals surface area contributed by atoms with Gasteiger partial charge in [0.2, 0.25) is 0 Å². The lowest BCUT2D eigenvalue weighted by atomic mass is 9.85. The smallest absolute Gasteiger partial charge is 0.151 e. The van der Waals surface area contributed by atoms with E-state index in [1.165, 1.54) is 12.4 Å². The van der Waals surface area contributed by atoms with Crippen molar-refractivity contribution in [2.24, 2.45) is 0 Å². The summed E-state index contributed by atoms with van der Waals surface area (Å²) in [5, 5.41) is 14.1. The van der Waals surface area contributed by atoms with Crippen LogP contribution in [0.2, 0.25) is 0 Å². The van der Waals surface area contributed by atoms with Gasteiger partial charge in [-0.2, -0.15) is 5.10 Å². The summed E-state index contributed by atoms with van der Waals surface area (Å²) in [5.74, 6) is 0.153. The van der Waals surface area contributed by atoms with Crippen molar-refractivity contribution in [3.8, 4) is 11.1 Å². The number of nitrogens with zero attached hydrogens (tertiary/aromatic N) is 3. The van der Waals surface area contributed by atoms with Crippen LogP contribution in [0.25, 0.3) is 16.6 Å². The van der Waals surface area contributed by atoms with Crippen LogP contribution >= 0.6 is 0 Å². The van der Waals surface area contributed by atoms with Crippen LogP contribution in [0.4, 0.5) is 15.9 Å². The van der Waals surface area contributed by atoms with E-state index in [-0.39, 0.29) is 12.0 Å². The van der Waals surface area contributed by atoms with E-state index in [0.29, 0.717) is 28.1 Å². The summed E-state index contributed by atoms with van der Waals surface area (Å²) < 4.78 is 16.3. The second kappa shape index (κ2) is 6.00. The highest BCUT2D eigenvalue weighted by molar-refractivity contribution is 5.89. The van der Waals surface area contributed by atoms with Crippen molar-refractivity contribution in [1.29, 1.82) is 0 Å². The van der Waals surface area contributed by atoms with Crippen LogP contribution in [0, 0.1) is 5.82 Å². The molecule has 5 N–H and O–H groups in total. The van der Waals surface area contributed by atoms with Gasteiger partial charge in [0.15, 0.2) is 5.82 Å². The number of benzene rings is 1. The second-order valence-corrected chi connectivity index (χ2v) is 6.63. The molecule has 0 saturated heterocycles. The van der Waals surface area contributed by atoms with Crippen molar-refractivity contribution in [3.63, 3.8) is 0 Å². The van der Waals surface area contributed by atoms with Crippen molar-refractivity contribution in [1.82, 2.24) is 14.6 Å². The first kappa shape index (κ1) is 15.8. The predicted octanol–water partition coefficient (Wildman–Crippen LogP) is 2.72. The Labute approximate surface area is 144 Å². The monoisotopic (exact) mass is 341 g/mol. The zero-order valence-electron chi connectivity index (χ0n) is 13.7. The molecule has 0 atom stereocenters. The maximum Gasteiger partial charge on any atom is 0.151 e. The summed E-state index contributed by atoms with van der Waals surface area (Å²) in [5.41, 5.74) is 14.8. The number of aliphatic hydroxyl groups excluding tert-OH is 1. The number of rotatable bonds is 2. The third-order valence-electron chi connectivity index (χ3n) is 5.01. The first-order valence-electron chi connectivity index (χ1n) is 8.40. The molecule has 4 rings (SSSR count). The lowest BCUT2D eigenvalue weighted by Crippen LogP contribution is -2.18. The molecule has 1 fully saturated rings. The third-order valence-corrected chi connectivity index (χ3v) is 5.01. The Balaban J connectivity index is 1.90. The van der Waals surface area contributed by atoms with Crippen molar-refractivity contribution in [3.05, 3.63) is 42.1 Å². The standard InChI is InChI=1S/C18H20FN5O/c19-15-7-11(20)3-6-13(15)14-8-16(10-1-4-12(25)5-2-10)24-17(14)18(21)22-9-23-24/h3,6-10,12,25H,1-2,4-5,20H2,(H2,21,22,23). The Kier molecular flexibility index (Phi) is 3.80. The van der Waals surface area contributed by atoms with E-state index in [1.807, 2.05) is 6.07 Å². The first-order chi connectivity index (χ1) is 12.0. The topological polar surface area (TPSA) is 102 Å². The first-order valence-corrected chi connectivity index (χ1v) is 8.40. The molecule has 2 aromatic heterocycles. The number of aliphatic hydroxyl groups is 1. The second-order valence-electron chi connectivity index (χ2n) is 6.63. The van der Waals surface area contributed by atoms with Crippen molar-refractivity contribution >= 4 is 17.0 Å². The molecule has 1 aliphatic rings. The summed E-state index contributed by atoms with van der Waals surface area (Å²) in [7, 11) is 0. The highest BCUT2D eigenvalue weighted by Gasteiger charge is 2.26. The van der Waals surface area contributed by atoms with Crippen molar-refractivity contribution < 1.29 is 9.50 Å². The molecular formula is C18H20FN5O. The number of anilines is 2. The summed E-state index contributed by atoms with van der Waals surface area (Å²) in [6, 6.07) is 6.56. The van der Waals surface area contributed by atoms with Crippen LogP contribution < -0.4 is 11.5 Å². The average molecular weight is 341 g/mol. The number of fused-ring (bicyclic) bond motifs is 1. The summed E-state index contributed by atoms with van der Waals surface area (Å²) in [6.07, 6.45) is 4.40. The number of nitrogens with two attached hydrogens (primary N) is 2. The van der Waals surface area contributed by atoms with Gasteiger partial charge in [0, 0.05) is 28.4 Å². The number of hydrogen-bond acceptors (Lipinski definition) is 5. The highest BCUT2D eigenvalue weighted by Crippen LogP contribution is 2.39. The van der Waals surface area contributed by atoms with Gasteiger partial charge in [0.25, 0.3) is 0 Å². The van der Waals surface area contributed by atoms with E-state index < -0.39 is 5.82 Å². The van der Waals surface area contributed by atoms with Gasteiger partial charge in [0.05, 0.1) is 6.10 Å². The van der Waals surface area contributed by atoms with Crippen LogP contribution in [0.5, 0.6) is 0 Å². The Morgan fingerprint density at radius 3 is 2.56 bits per heavy atom. The minimum absolute atomic E-state index is 0.240. The van der Waals surface area contributed by atoms with Crippen LogP contribution in [0.3, 0.4) is 0 Å². The summed E-state index contributed by atoms with van der Waals surface area (Å²) in [4.78, 5) is 4.07. The maximum atomic E-state index is 14.5. The van der Waals surface area contributed by atoms with E-state index in [9.17, 15) is 9.50 Å². The third kappa shape index (κ3) is 2.70. The lowest BCUT2D eigenvalue weighted by Gasteiger charge is -2.24. The van der Waals surface area contributed by atoms with E-state index in [4.69, 9.17) is 11.5 Å². The molecule has 0 amide bonds. The SMILES string of the molecule is Nc1ccc(-c2cc(C3CCC(O)CC3)n3ncnc(N)c23)c(F)c1. The fraction of sp³-hybridized carbons (Fsp3) is 0.333. The molecule has 1 aliphatic carbocycles. The predicted molar refractivity (Wildman–Crippen MR) is 94.4 cm³/mol. The van der Waals surface area contributed by atoms with Gasteiger partial charge in [-0.05, 0) is 49.9 Å². The molecule has 25 heavy (non-hydrogen) atoms. The number of hydrogen-bond donors (Lipinski definition) is 3. The fourth-order valence-corrected chi connectivity index (χ4v) is 3.71. The van der Waals surface area contributed by atoms with Crippen molar-refractivity contribution in [2.45, 2.75) is 37.7 Å². The number of nitrogen functional groups attached to an aromatic ring is 2. The molecule has 0 radical (unpaired) electrons. The van der Waals surface area contributed by atoms with Gasteiger partial charge in [0.1, 0.15) is 17.7 Å². The minimum atomic E-state index is -0.402. The normalized spacial score (nSPS) is 20.9. The molecule has 130 valence electrons. The Bertz CT molecular complexity index is 931. The molecule has 0 unspecified atom stereocenters. The quantitative estimate of drug-likeness (QED) is 0.622. The van der Waals surface area contributed by atoms with Gasteiger partial charge in [-0.25, -0.2) is 13.9 Å². The van der Waals surface area contributed by atoms with Crippen molar-refractivity contribution in [2.75, 3.05) is 11.5 Å². The molecule has 1 aromatic carbocycles. The Morgan fingerprint density at radius 2 is 1.84 bits per heavy atom. The van der Waals surface area contributed by atoms with Crippen LogP contribution in [-0.2, 0) is 0 Å². The lowest BCUT2D eigenvalue weighted by molar-refractivity contribution is 0.121. The molecule has 0 spiro atoms. The Morgan fingerprint density at radius 1 is 1.08 bits per heavy atom. The summed E-state index contributed by atoms with van der Waals surface area (Å²) in [6.45, 7) is 0. The number of aromatic nitrogens is 3. The molecule has 2 heterocycles. The zero-order valence-corrected chi connectivity index (χ0v) is 13.7. The van der Waals surface area contributed by atoms with E-state index in [1.54, 1.807) is 16.6 Å². The van der Waals surface area contributed by atoms with E-state index >= 15 is 0 Å². The van der Waals surface area contributed by atoms with Crippen LogP contribution in [0.1, 0.15) is 37.3 Å². The van der Waals surface area contributed by atoms with Crippen LogP contribution in [0.15, 0.2) is 30.6 Å². The Hall–Kier alpha value is -2.67. The molecule has 6 nitrogen and oxygen atoms in total. The molecule has 1 saturated carbocycles. The van der Waals surface area contributed by atoms with Gasteiger partial charge >= 0.3 is 0 Å². The fourth-order valence-electron chi connectivity index (χ4n) is 3.71. The summed E-state index contributed by atoms with van der Waals surface area (Å²) >= 11 is 0. The maximum absolute atomic E-state index is 14.5. The van der Waals surface area contributed by atoms with Crippen LogP contribution in [-0.4, -0.2) is 25.8 Å². The number of halogens is 1. The molecule has 0 aliphatic heterocycles. The van der Waals surface area contributed by atoms with Gasteiger partial charge in [-0.15, -0.1) is 0 Å². The van der Waals surface area contributed by atoms with Gasteiger partial charge in [-0.1, -0.05) is 0 Å². The minimum Gasteiger partial charge on any atom is -0.399 e. The molecule has 7 heteroatoms. The molecule has 3 aromatic rings. The van der Waals surface area contributed by atoms with Gasteiger partial charge < -0.3 is 16.6 Å². The van der Waals surface area contributed by atoms with E-state index in [2.05, 4.69) is 10.1 Å².